The van der Waals surface area contributed by atoms with Crippen LogP contribution in [-0.2, 0) is 5.60 Å². The largest absolute Gasteiger partial charge is 0.494 e. The quantitative estimate of drug-likeness (QED) is 0.841. The maximum Gasteiger partial charge on any atom is 0.119 e. The van der Waals surface area contributed by atoms with Crippen molar-refractivity contribution >= 4 is 0 Å². The summed E-state index contributed by atoms with van der Waals surface area (Å²) in [6.45, 7) is 4.25. The van der Waals surface area contributed by atoms with Crippen LogP contribution >= 0.6 is 0 Å². The highest BCUT2D eigenvalue weighted by Gasteiger charge is 2.36. The third kappa shape index (κ3) is 2.20. The van der Waals surface area contributed by atoms with E-state index in [1.807, 2.05) is 38.2 Å². The fourth-order valence-electron chi connectivity index (χ4n) is 2.26. The molecule has 0 spiro atoms. The third-order valence-electron chi connectivity index (χ3n) is 3.12. The molecule has 1 aromatic carbocycles. The number of aliphatic hydroxyl groups is 1. The van der Waals surface area contributed by atoms with Crippen molar-refractivity contribution in [2.45, 2.75) is 18.9 Å². The topological polar surface area (TPSA) is 32.7 Å². The van der Waals surface area contributed by atoms with Crippen molar-refractivity contribution in [3.8, 4) is 5.75 Å². The Bertz CT molecular complexity index is 367. The number of nitrogens with zero attached hydrogens (tertiary/aromatic N) is 1. The predicted molar refractivity (Wildman–Crippen MR) is 63.6 cm³/mol. The van der Waals surface area contributed by atoms with Crippen LogP contribution in [0.2, 0.25) is 0 Å². The molecule has 0 aromatic heterocycles. The summed E-state index contributed by atoms with van der Waals surface area (Å²) in [6.07, 6.45) is 0.791. The van der Waals surface area contributed by atoms with Gasteiger partial charge in [-0.25, -0.2) is 0 Å². The first kappa shape index (κ1) is 11.4. The molecular formula is C13H19NO2. The van der Waals surface area contributed by atoms with Crippen LogP contribution < -0.4 is 4.74 Å². The Balaban J connectivity index is 2.22. The SMILES string of the molecule is CCOc1cccc(C2(O)CCN(C)C2)c1. The molecule has 1 atom stereocenters. The van der Waals surface area contributed by atoms with E-state index in [4.69, 9.17) is 4.74 Å². The van der Waals surface area contributed by atoms with Crippen LogP contribution in [0.25, 0.3) is 0 Å². The number of benzene rings is 1. The monoisotopic (exact) mass is 221 g/mol. The van der Waals surface area contributed by atoms with E-state index in [1.165, 1.54) is 0 Å². The zero-order chi connectivity index (χ0) is 11.6. The minimum Gasteiger partial charge on any atom is -0.494 e. The maximum atomic E-state index is 10.5. The summed E-state index contributed by atoms with van der Waals surface area (Å²) in [5.41, 5.74) is 0.254. The Hall–Kier alpha value is -1.06. The lowest BCUT2D eigenvalue weighted by molar-refractivity contribution is 0.0486. The van der Waals surface area contributed by atoms with Gasteiger partial charge in [-0.1, -0.05) is 12.1 Å². The second-order valence-corrected chi connectivity index (χ2v) is 4.48. The van der Waals surface area contributed by atoms with Gasteiger partial charge in [-0.2, -0.15) is 0 Å². The number of β-amino-alcohol motifs (C(OH)–C–C–N with tert-alkyl or cyclic N) is 1. The molecule has 0 aliphatic carbocycles. The highest BCUT2D eigenvalue weighted by atomic mass is 16.5. The minimum atomic E-state index is -0.706. The standard InChI is InChI=1S/C13H19NO2/c1-3-16-12-6-4-5-11(9-12)13(15)7-8-14(2)10-13/h4-6,9,15H,3,7-8,10H2,1-2H3. The molecule has 3 nitrogen and oxygen atoms in total. The lowest BCUT2D eigenvalue weighted by atomic mass is 9.93. The second-order valence-electron chi connectivity index (χ2n) is 4.48. The summed E-state index contributed by atoms with van der Waals surface area (Å²) in [5.74, 6) is 0.836. The van der Waals surface area contributed by atoms with Crippen molar-refractivity contribution in [3.05, 3.63) is 29.8 Å². The summed E-state index contributed by atoms with van der Waals surface area (Å²) in [5, 5.41) is 10.5. The summed E-state index contributed by atoms with van der Waals surface area (Å²) in [6, 6.07) is 7.79. The van der Waals surface area contributed by atoms with Crippen molar-refractivity contribution in [2.24, 2.45) is 0 Å². The molecule has 0 radical (unpaired) electrons. The molecule has 88 valence electrons. The van der Waals surface area contributed by atoms with E-state index in [9.17, 15) is 5.11 Å². The fourth-order valence-corrected chi connectivity index (χ4v) is 2.26. The number of likely N-dealkylation sites (N-methyl/N-ethyl adjacent to an activating group) is 1. The highest BCUT2D eigenvalue weighted by Crippen LogP contribution is 2.32. The van der Waals surface area contributed by atoms with Crippen molar-refractivity contribution in [1.82, 2.24) is 4.90 Å². The van der Waals surface area contributed by atoms with E-state index in [0.717, 1.165) is 24.3 Å². The number of likely N-dealkylation sites (tertiary alicyclic amines) is 1. The summed E-state index contributed by atoms with van der Waals surface area (Å²) in [4.78, 5) is 2.15. The molecule has 1 aromatic rings. The van der Waals surface area contributed by atoms with Crippen LogP contribution in [0.4, 0.5) is 0 Å². The van der Waals surface area contributed by atoms with Gasteiger partial charge in [-0.05, 0) is 38.1 Å². The van der Waals surface area contributed by atoms with E-state index >= 15 is 0 Å². The maximum absolute atomic E-state index is 10.5. The van der Waals surface area contributed by atoms with Crippen molar-refractivity contribution in [3.63, 3.8) is 0 Å². The first-order valence-electron chi connectivity index (χ1n) is 5.78. The fraction of sp³-hybridized carbons (Fsp3) is 0.538. The lowest BCUT2D eigenvalue weighted by Gasteiger charge is -2.23. The average Bonchev–Trinajstić information content (AvgIpc) is 2.61. The predicted octanol–water partition coefficient (Wildman–Crippen LogP) is 1.61. The smallest absolute Gasteiger partial charge is 0.119 e. The van der Waals surface area contributed by atoms with Gasteiger partial charge < -0.3 is 14.7 Å². The van der Waals surface area contributed by atoms with Crippen molar-refractivity contribution in [2.75, 3.05) is 26.7 Å². The van der Waals surface area contributed by atoms with Gasteiger partial charge in [0.15, 0.2) is 0 Å². The molecule has 0 amide bonds. The van der Waals surface area contributed by atoms with E-state index in [0.29, 0.717) is 13.2 Å². The normalized spacial score (nSPS) is 25.9. The van der Waals surface area contributed by atoms with Crippen LogP contribution in [-0.4, -0.2) is 36.8 Å². The molecule has 16 heavy (non-hydrogen) atoms. The van der Waals surface area contributed by atoms with E-state index in [1.54, 1.807) is 0 Å². The van der Waals surface area contributed by atoms with Gasteiger partial charge in [0.2, 0.25) is 0 Å². The van der Waals surface area contributed by atoms with Crippen LogP contribution in [0.3, 0.4) is 0 Å². The van der Waals surface area contributed by atoms with Gasteiger partial charge in [0.05, 0.1) is 6.61 Å². The molecule has 1 N–H and O–H groups in total. The van der Waals surface area contributed by atoms with Gasteiger partial charge in [0.1, 0.15) is 11.4 Å². The van der Waals surface area contributed by atoms with Gasteiger partial charge in [0, 0.05) is 13.1 Å². The average molecular weight is 221 g/mol. The molecule has 1 aliphatic rings. The summed E-state index contributed by atoms with van der Waals surface area (Å²) in [7, 11) is 2.03. The van der Waals surface area contributed by atoms with Crippen LogP contribution in [0.5, 0.6) is 5.75 Å². The van der Waals surface area contributed by atoms with Gasteiger partial charge in [0.25, 0.3) is 0 Å². The highest BCUT2D eigenvalue weighted by molar-refractivity contribution is 5.33. The molecule has 0 bridgehead atoms. The second kappa shape index (κ2) is 4.44. The first-order valence-corrected chi connectivity index (χ1v) is 5.78. The van der Waals surface area contributed by atoms with Crippen LogP contribution in [0, 0.1) is 0 Å². The van der Waals surface area contributed by atoms with Gasteiger partial charge in [-0.15, -0.1) is 0 Å². The Kier molecular flexibility index (Phi) is 3.17. The Morgan fingerprint density at radius 2 is 2.31 bits per heavy atom. The van der Waals surface area contributed by atoms with Crippen molar-refractivity contribution < 1.29 is 9.84 Å². The zero-order valence-corrected chi connectivity index (χ0v) is 9.94. The van der Waals surface area contributed by atoms with E-state index < -0.39 is 5.60 Å². The van der Waals surface area contributed by atoms with Crippen LogP contribution in [0.15, 0.2) is 24.3 Å². The first-order chi connectivity index (χ1) is 7.64. The Labute approximate surface area is 96.6 Å². The molecular weight excluding hydrogens is 202 g/mol. The van der Waals surface area contributed by atoms with Gasteiger partial charge >= 0.3 is 0 Å². The number of rotatable bonds is 3. The molecule has 1 fully saturated rings. The summed E-state index contributed by atoms with van der Waals surface area (Å²) < 4.78 is 5.45. The van der Waals surface area contributed by atoms with E-state index in [2.05, 4.69) is 4.90 Å². The number of hydrogen-bond acceptors (Lipinski definition) is 3. The minimum absolute atomic E-state index is 0.655. The molecule has 2 rings (SSSR count). The lowest BCUT2D eigenvalue weighted by Crippen LogP contribution is -2.29. The van der Waals surface area contributed by atoms with Crippen LogP contribution in [0.1, 0.15) is 18.9 Å². The van der Waals surface area contributed by atoms with E-state index in [-0.39, 0.29) is 0 Å². The summed E-state index contributed by atoms with van der Waals surface area (Å²) >= 11 is 0. The molecule has 0 saturated carbocycles. The molecule has 1 aliphatic heterocycles. The Morgan fingerprint density at radius 1 is 1.50 bits per heavy atom. The molecule has 3 heteroatoms. The number of hydrogen-bond donors (Lipinski definition) is 1. The third-order valence-corrected chi connectivity index (χ3v) is 3.12. The Morgan fingerprint density at radius 3 is 2.94 bits per heavy atom. The zero-order valence-electron chi connectivity index (χ0n) is 9.94. The van der Waals surface area contributed by atoms with Crippen molar-refractivity contribution in [1.29, 1.82) is 0 Å². The molecule has 1 heterocycles. The number of ether oxygens (including phenoxy) is 1. The molecule has 1 unspecified atom stereocenters. The van der Waals surface area contributed by atoms with Gasteiger partial charge in [-0.3, -0.25) is 0 Å². The molecule has 1 saturated heterocycles.